The Morgan fingerprint density at radius 2 is 1.95 bits per heavy atom. The quantitative estimate of drug-likeness (QED) is 0.697. The number of rotatable bonds is 3. The van der Waals surface area contributed by atoms with Crippen LogP contribution in [0, 0.1) is 6.92 Å². The second kappa shape index (κ2) is 5.73. The van der Waals surface area contributed by atoms with Gasteiger partial charge in [0.1, 0.15) is 11.6 Å². The maximum absolute atomic E-state index is 6.15. The molecule has 0 fully saturated rings. The molecular weight excluding hydrogens is 298 g/mol. The number of anilines is 3. The largest absolute Gasteiger partial charge is 0.495 e. The molecule has 0 atom stereocenters. The van der Waals surface area contributed by atoms with Gasteiger partial charge in [-0.1, -0.05) is 23.7 Å². The van der Waals surface area contributed by atoms with E-state index < -0.39 is 0 Å². The van der Waals surface area contributed by atoms with Gasteiger partial charge < -0.3 is 15.8 Å². The lowest BCUT2D eigenvalue weighted by Gasteiger charge is -2.12. The second-order valence-corrected chi connectivity index (χ2v) is 5.43. The third-order valence-corrected chi connectivity index (χ3v) is 3.92. The minimum Gasteiger partial charge on any atom is -0.495 e. The minimum absolute atomic E-state index is 0.545. The van der Waals surface area contributed by atoms with Crippen LogP contribution in [-0.2, 0) is 0 Å². The molecule has 0 saturated heterocycles. The van der Waals surface area contributed by atoms with E-state index in [2.05, 4.69) is 10.3 Å². The van der Waals surface area contributed by atoms with Gasteiger partial charge in [0, 0.05) is 28.3 Å². The fraction of sp³-hybridized carbons (Fsp3) is 0.118. The highest BCUT2D eigenvalue weighted by Gasteiger charge is 2.08. The third kappa shape index (κ3) is 2.53. The number of nitrogens with one attached hydrogen (secondary N) is 1. The van der Waals surface area contributed by atoms with Crippen molar-refractivity contribution in [2.45, 2.75) is 6.92 Å². The molecule has 3 rings (SSSR count). The molecule has 1 aromatic heterocycles. The molecule has 3 N–H and O–H groups in total. The Morgan fingerprint density at radius 1 is 1.14 bits per heavy atom. The Kier molecular flexibility index (Phi) is 3.77. The minimum atomic E-state index is 0.545. The molecular formula is C17H16ClN3O. The van der Waals surface area contributed by atoms with Gasteiger partial charge in [-0.15, -0.1) is 0 Å². The lowest BCUT2D eigenvalue weighted by atomic mass is 10.1. The van der Waals surface area contributed by atoms with Crippen molar-refractivity contribution in [3.8, 4) is 5.75 Å². The summed E-state index contributed by atoms with van der Waals surface area (Å²) in [6, 6.07) is 11.4. The molecule has 0 unspecified atom stereocenters. The van der Waals surface area contributed by atoms with E-state index in [4.69, 9.17) is 22.1 Å². The van der Waals surface area contributed by atoms with Gasteiger partial charge in [0.05, 0.1) is 12.1 Å². The highest BCUT2D eigenvalue weighted by molar-refractivity contribution is 6.32. The molecule has 1 heterocycles. The van der Waals surface area contributed by atoms with Gasteiger partial charge in [-0.3, -0.25) is 0 Å². The summed E-state index contributed by atoms with van der Waals surface area (Å²) in [6.07, 6.45) is 1.74. The van der Waals surface area contributed by atoms with Gasteiger partial charge in [0.15, 0.2) is 0 Å². The number of fused-ring (bicyclic) bond motifs is 1. The van der Waals surface area contributed by atoms with Gasteiger partial charge in [-0.2, -0.15) is 0 Å². The van der Waals surface area contributed by atoms with Gasteiger partial charge in [-0.25, -0.2) is 4.98 Å². The molecule has 3 aromatic rings. The number of nitrogens with zero attached hydrogens (tertiary/aromatic N) is 1. The molecule has 0 aliphatic rings. The topological polar surface area (TPSA) is 60.2 Å². The Hall–Kier alpha value is -2.46. The number of nitrogen functional groups attached to an aromatic ring is 1. The van der Waals surface area contributed by atoms with Crippen molar-refractivity contribution >= 4 is 39.6 Å². The first-order valence-corrected chi connectivity index (χ1v) is 7.22. The predicted octanol–water partition coefficient (Wildman–Crippen LogP) is 4.53. The summed E-state index contributed by atoms with van der Waals surface area (Å²) in [5.74, 6) is 1.38. The van der Waals surface area contributed by atoms with E-state index in [0.717, 1.165) is 33.5 Å². The molecule has 2 aromatic carbocycles. The highest BCUT2D eigenvalue weighted by Crippen LogP contribution is 2.32. The zero-order valence-electron chi connectivity index (χ0n) is 12.4. The van der Waals surface area contributed by atoms with E-state index in [1.165, 1.54) is 0 Å². The molecule has 0 aliphatic heterocycles. The number of pyridine rings is 1. The normalized spacial score (nSPS) is 10.7. The van der Waals surface area contributed by atoms with Crippen LogP contribution in [0.25, 0.3) is 10.8 Å². The van der Waals surface area contributed by atoms with Crippen LogP contribution in [0.3, 0.4) is 0 Å². The molecule has 4 nitrogen and oxygen atoms in total. The third-order valence-electron chi connectivity index (χ3n) is 3.62. The number of aryl methyl sites for hydroxylation is 1. The highest BCUT2D eigenvalue weighted by atomic mass is 35.5. The summed E-state index contributed by atoms with van der Waals surface area (Å²) in [7, 11) is 1.59. The molecule has 0 radical (unpaired) electrons. The first-order valence-electron chi connectivity index (χ1n) is 6.84. The number of aromatic nitrogens is 1. The monoisotopic (exact) mass is 313 g/mol. The van der Waals surface area contributed by atoms with Gasteiger partial charge >= 0.3 is 0 Å². The first-order chi connectivity index (χ1) is 10.6. The Labute approximate surface area is 133 Å². The lowest BCUT2D eigenvalue weighted by molar-refractivity contribution is 0.415. The lowest BCUT2D eigenvalue weighted by Crippen LogP contribution is -1.97. The van der Waals surface area contributed by atoms with E-state index in [1.807, 2.05) is 37.3 Å². The average molecular weight is 314 g/mol. The summed E-state index contributed by atoms with van der Waals surface area (Å²) < 4.78 is 5.16. The van der Waals surface area contributed by atoms with E-state index in [-0.39, 0.29) is 0 Å². The number of hydrogen-bond acceptors (Lipinski definition) is 4. The summed E-state index contributed by atoms with van der Waals surface area (Å²) in [4.78, 5) is 4.40. The average Bonchev–Trinajstić information content (AvgIpc) is 2.52. The standard InChI is InChI=1S/C17H16ClN3O/c1-10-3-5-13-12(16(10)19)7-8-20-17(13)21-11-4-6-15(22-2)14(18)9-11/h3-9H,19H2,1-2H3,(H,20,21). The van der Waals surface area contributed by atoms with E-state index >= 15 is 0 Å². The number of methoxy groups -OCH3 is 1. The predicted molar refractivity (Wildman–Crippen MR) is 92.2 cm³/mol. The molecule has 22 heavy (non-hydrogen) atoms. The van der Waals surface area contributed by atoms with Gasteiger partial charge in [0.2, 0.25) is 0 Å². The van der Waals surface area contributed by atoms with Crippen LogP contribution in [0.15, 0.2) is 42.6 Å². The van der Waals surface area contributed by atoms with Crippen LogP contribution in [0.4, 0.5) is 17.2 Å². The molecule has 112 valence electrons. The summed E-state index contributed by atoms with van der Waals surface area (Å²) in [5, 5.41) is 5.78. The van der Waals surface area contributed by atoms with Crippen LogP contribution >= 0.6 is 11.6 Å². The van der Waals surface area contributed by atoms with E-state index in [1.54, 1.807) is 19.4 Å². The van der Waals surface area contributed by atoms with Gasteiger partial charge in [0.25, 0.3) is 0 Å². The van der Waals surface area contributed by atoms with Gasteiger partial charge in [-0.05, 0) is 36.8 Å². The zero-order chi connectivity index (χ0) is 15.7. The fourth-order valence-electron chi connectivity index (χ4n) is 2.37. The molecule has 0 amide bonds. The van der Waals surface area contributed by atoms with Crippen molar-refractivity contribution < 1.29 is 4.74 Å². The number of hydrogen-bond donors (Lipinski definition) is 2. The van der Waals surface area contributed by atoms with Crippen molar-refractivity contribution in [3.05, 3.63) is 53.2 Å². The Bertz CT molecular complexity index is 849. The number of nitrogens with two attached hydrogens (primary N) is 1. The first kappa shape index (κ1) is 14.5. The fourth-order valence-corrected chi connectivity index (χ4v) is 2.63. The maximum Gasteiger partial charge on any atom is 0.138 e. The Morgan fingerprint density at radius 3 is 2.68 bits per heavy atom. The van der Waals surface area contributed by atoms with Crippen molar-refractivity contribution in [3.63, 3.8) is 0 Å². The molecule has 0 aliphatic carbocycles. The molecule has 0 bridgehead atoms. The van der Waals surface area contributed by atoms with Crippen LogP contribution < -0.4 is 15.8 Å². The molecule has 0 spiro atoms. The summed E-state index contributed by atoms with van der Waals surface area (Å²) in [5.41, 5.74) is 8.81. The number of ether oxygens (including phenoxy) is 1. The van der Waals surface area contributed by atoms with E-state index in [9.17, 15) is 0 Å². The molecule has 5 heteroatoms. The van der Waals surface area contributed by atoms with Crippen LogP contribution in [0.1, 0.15) is 5.56 Å². The molecule has 0 saturated carbocycles. The maximum atomic E-state index is 6.15. The smallest absolute Gasteiger partial charge is 0.138 e. The SMILES string of the molecule is COc1ccc(Nc2nccc3c(N)c(C)ccc23)cc1Cl. The van der Waals surface area contributed by atoms with Crippen molar-refractivity contribution in [2.75, 3.05) is 18.2 Å². The second-order valence-electron chi connectivity index (χ2n) is 5.03. The van der Waals surface area contributed by atoms with Crippen LogP contribution in [-0.4, -0.2) is 12.1 Å². The van der Waals surface area contributed by atoms with Crippen LogP contribution in [0.5, 0.6) is 5.75 Å². The summed E-state index contributed by atoms with van der Waals surface area (Å²) >= 11 is 6.15. The van der Waals surface area contributed by atoms with E-state index in [0.29, 0.717) is 10.8 Å². The van der Waals surface area contributed by atoms with Crippen molar-refractivity contribution in [1.29, 1.82) is 0 Å². The van der Waals surface area contributed by atoms with Crippen molar-refractivity contribution in [2.24, 2.45) is 0 Å². The number of halogens is 1. The van der Waals surface area contributed by atoms with Crippen molar-refractivity contribution in [1.82, 2.24) is 4.98 Å². The summed E-state index contributed by atoms with van der Waals surface area (Å²) in [6.45, 7) is 1.99. The van der Waals surface area contributed by atoms with Crippen LogP contribution in [0.2, 0.25) is 5.02 Å². The zero-order valence-corrected chi connectivity index (χ0v) is 13.1. The number of benzene rings is 2. The Balaban J connectivity index is 2.04.